The van der Waals surface area contributed by atoms with Gasteiger partial charge in [-0.1, -0.05) is 45.4 Å². The van der Waals surface area contributed by atoms with Crippen molar-refractivity contribution in [3.63, 3.8) is 0 Å². The van der Waals surface area contributed by atoms with Gasteiger partial charge in [-0.05, 0) is 20.5 Å². The molecule has 1 unspecified atom stereocenters. The van der Waals surface area contributed by atoms with Gasteiger partial charge in [0.2, 0.25) is 0 Å². The first-order chi connectivity index (χ1) is 9.63. The Balaban J connectivity index is 2.05. The van der Waals surface area contributed by atoms with Crippen LogP contribution in [-0.2, 0) is 4.79 Å². The van der Waals surface area contributed by atoms with Crippen LogP contribution in [0.3, 0.4) is 0 Å². The summed E-state index contributed by atoms with van der Waals surface area (Å²) in [5, 5.41) is 0. The van der Waals surface area contributed by atoms with E-state index in [1.165, 1.54) is 38.5 Å². The van der Waals surface area contributed by atoms with Crippen molar-refractivity contribution < 1.29 is 4.79 Å². The van der Waals surface area contributed by atoms with Crippen molar-refractivity contribution in [3.05, 3.63) is 0 Å². The summed E-state index contributed by atoms with van der Waals surface area (Å²) in [6.07, 6.45) is 10.6. The monoisotopic (exact) mass is 282 g/mol. The second-order valence-electron chi connectivity index (χ2n) is 6.51. The highest BCUT2D eigenvalue weighted by molar-refractivity contribution is 5.79. The van der Waals surface area contributed by atoms with Gasteiger partial charge in [0.1, 0.15) is 5.78 Å². The molecule has 0 aliphatic carbocycles. The fourth-order valence-corrected chi connectivity index (χ4v) is 2.97. The molecule has 3 heteroatoms. The van der Waals surface area contributed by atoms with Gasteiger partial charge in [-0.15, -0.1) is 0 Å². The van der Waals surface area contributed by atoms with Crippen molar-refractivity contribution in [1.82, 2.24) is 9.80 Å². The molecular weight excluding hydrogens is 248 g/mol. The molecule has 20 heavy (non-hydrogen) atoms. The smallest absolute Gasteiger partial charge is 0.134 e. The third-order valence-corrected chi connectivity index (χ3v) is 4.50. The van der Waals surface area contributed by atoms with Crippen LogP contribution in [0, 0.1) is 0 Å². The van der Waals surface area contributed by atoms with E-state index in [9.17, 15) is 4.79 Å². The fraction of sp³-hybridized carbons (Fsp3) is 0.941. The van der Waals surface area contributed by atoms with E-state index >= 15 is 0 Å². The van der Waals surface area contributed by atoms with Gasteiger partial charge in [0, 0.05) is 38.5 Å². The van der Waals surface area contributed by atoms with Crippen molar-refractivity contribution in [2.75, 3.05) is 33.7 Å². The van der Waals surface area contributed by atoms with Crippen molar-refractivity contribution in [1.29, 1.82) is 0 Å². The quantitative estimate of drug-likeness (QED) is 0.574. The Morgan fingerprint density at radius 1 is 1.00 bits per heavy atom. The number of piperazine rings is 1. The first-order valence-corrected chi connectivity index (χ1v) is 8.54. The molecule has 0 N–H and O–H groups in total. The van der Waals surface area contributed by atoms with Crippen LogP contribution in [0.15, 0.2) is 0 Å². The molecule has 0 spiro atoms. The van der Waals surface area contributed by atoms with Gasteiger partial charge in [-0.25, -0.2) is 0 Å². The second kappa shape index (κ2) is 10.3. The highest BCUT2D eigenvalue weighted by atomic mass is 16.1. The third-order valence-electron chi connectivity index (χ3n) is 4.50. The average Bonchev–Trinajstić information content (AvgIpc) is 2.42. The Kier molecular flexibility index (Phi) is 9.12. The van der Waals surface area contributed by atoms with Crippen molar-refractivity contribution in [3.8, 4) is 0 Å². The van der Waals surface area contributed by atoms with Gasteiger partial charge in [0.05, 0.1) is 0 Å². The summed E-state index contributed by atoms with van der Waals surface area (Å²) in [5.41, 5.74) is 0. The summed E-state index contributed by atoms with van der Waals surface area (Å²) in [6, 6.07) is 0.436. The van der Waals surface area contributed by atoms with Crippen molar-refractivity contribution in [2.24, 2.45) is 0 Å². The number of hydrogen-bond donors (Lipinski definition) is 0. The van der Waals surface area contributed by atoms with Gasteiger partial charge >= 0.3 is 0 Å². The summed E-state index contributed by atoms with van der Waals surface area (Å²) >= 11 is 0. The molecule has 118 valence electrons. The van der Waals surface area contributed by atoms with E-state index < -0.39 is 0 Å². The highest BCUT2D eigenvalue weighted by Crippen LogP contribution is 2.13. The molecule has 1 aliphatic heterocycles. The topological polar surface area (TPSA) is 23.6 Å². The molecule has 0 saturated carbocycles. The lowest BCUT2D eigenvalue weighted by Gasteiger charge is -2.37. The summed E-state index contributed by atoms with van der Waals surface area (Å²) < 4.78 is 0. The van der Waals surface area contributed by atoms with E-state index in [2.05, 4.69) is 30.8 Å². The molecule has 1 saturated heterocycles. The van der Waals surface area contributed by atoms with Crippen LogP contribution in [-0.4, -0.2) is 55.4 Å². The Labute approximate surface area is 125 Å². The number of nitrogens with zero attached hydrogens (tertiary/aromatic N) is 2. The number of rotatable bonds is 10. The Hall–Kier alpha value is -0.410. The number of likely N-dealkylation sites (N-methyl/N-ethyl adjacent to an activating group) is 2. The fourth-order valence-electron chi connectivity index (χ4n) is 2.97. The van der Waals surface area contributed by atoms with Crippen LogP contribution >= 0.6 is 0 Å². The molecular formula is C17H34N2O. The number of hydrogen-bond acceptors (Lipinski definition) is 3. The molecule has 0 aromatic carbocycles. The summed E-state index contributed by atoms with van der Waals surface area (Å²) in [6.45, 7) is 5.50. The zero-order valence-electron chi connectivity index (χ0n) is 13.9. The molecule has 0 aromatic rings. The minimum absolute atomic E-state index is 0.436. The summed E-state index contributed by atoms with van der Waals surface area (Å²) in [4.78, 5) is 16.7. The van der Waals surface area contributed by atoms with Crippen LogP contribution in [0.2, 0.25) is 0 Å². The van der Waals surface area contributed by atoms with Crippen LogP contribution in [0.4, 0.5) is 0 Å². The zero-order valence-corrected chi connectivity index (χ0v) is 13.9. The molecule has 0 aromatic heterocycles. The maximum atomic E-state index is 12.1. The molecule has 0 bridgehead atoms. The molecule has 0 amide bonds. The van der Waals surface area contributed by atoms with Crippen molar-refractivity contribution >= 4 is 5.78 Å². The zero-order chi connectivity index (χ0) is 14.8. The number of carbonyl (C=O) groups is 1. The predicted molar refractivity (Wildman–Crippen MR) is 86.1 cm³/mol. The van der Waals surface area contributed by atoms with E-state index in [1.54, 1.807) is 0 Å². The van der Waals surface area contributed by atoms with Gasteiger partial charge in [0.25, 0.3) is 0 Å². The maximum Gasteiger partial charge on any atom is 0.134 e. The summed E-state index contributed by atoms with van der Waals surface area (Å²) in [7, 11) is 4.31. The average molecular weight is 282 g/mol. The first-order valence-electron chi connectivity index (χ1n) is 8.54. The number of ketones is 1. The maximum absolute atomic E-state index is 12.1. The largest absolute Gasteiger partial charge is 0.304 e. The molecule has 1 aliphatic rings. The lowest BCUT2D eigenvalue weighted by atomic mass is 10.0. The lowest BCUT2D eigenvalue weighted by Crippen LogP contribution is -2.50. The van der Waals surface area contributed by atoms with Crippen LogP contribution in [0.5, 0.6) is 0 Å². The van der Waals surface area contributed by atoms with Crippen LogP contribution < -0.4 is 0 Å². The number of carbonyl (C=O) groups excluding carboxylic acids is 1. The Bertz CT molecular complexity index is 268. The van der Waals surface area contributed by atoms with Gasteiger partial charge < -0.3 is 9.80 Å². The number of unbranched alkanes of at least 4 members (excludes halogenated alkanes) is 6. The standard InChI is InChI=1S/C17H34N2O/c1-4-5-6-7-8-9-10-11-17(20)14-16-15-18(2)12-13-19(16)3/h16H,4-15H2,1-3H3. The molecule has 3 nitrogen and oxygen atoms in total. The Morgan fingerprint density at radius 2 is 1.65 bits per heavy atom. The van der Waals surface area contributed by atoms with E-state index in [-0.39, 0.29) is 0 Å². The molecule has 1 atom stereocenters. The van der Waals surface area contributed by atoms with Gasteiger partial charge in [-0.3, -0.25) is 4.79 Å². The van der Waals surface area contributed by atoms with Crippen LogP contribution in [0.1, 0.15) is 64.7 Å². The molecule has 0 radical (unpaired) electrons. The van der Waals surface area contributed by atoms with E-state index in [4.69, 9.17) is 0 Å². The SMILES string of the molecule is CCCCCCCCCC(=O)CC1CN(C)CCN1C. The van der Waals surface area contributed by atoms with Crippen LogP contribution in [0.25, 0.3) is 0 Å². The lowest BCUT2D eigenvalue weighted by molar-refractivity contribution is -0.120. The predicted octanol–water partition coefficient (Wildman–Crippen LogP) is 3.33. The summed E-state index contributed by atoms with van der Waals surface area (Å²) in [5.74, 6) is 0.464. The van der Waals surface area contributed by atoms with Crippen molar-refractivity contribution in [2.45, 2.75) is 70.8 Å². The molecule has 1 rings (SSSR count). The van der Waals surface area contributed by atoms with E-state index in [0.717, 1.165) is 38.9 Å². The number of Topliss-reactive ketones (excluding diaryl/α,β-unsaturated/α-hetero) is 1. The second-order valence-corrected chi connectivity index (χ2v) is 6.51. The Morgan fingerprint density at radius 3 is 2.35 bits per heavy atom. The van der Waals surface area contributed by atoms with Gasteiger partial charge in [-0.2, -0.15) is 0 Å². The molecule has 1 fully saturated rings. The first kappa shape index (κ1) is 17.6. The molecule has 1 heterocycles. The normalized spacial score (nSPS) is 21.2. The minimum Gasteiger partial charge on any atom is -0.304 e. The highest BCUT2D eigenvalue weighted by Gasteiger charge is 2.23. The van der Waals surface area contributed by atoms with E-state index in [0.29, 0.717) is 11.8 Å². The minimum atomic E-state index is 0.436. The van der Waals surface area contributed by atoms with E-state index in [1.807, 2.05) is 0 Å². The third kappa shape index (κ3) is 7.39. The van der Waals surface area contributed by atoms with Gasteiger partial charge in [0.15, 0.2) is 0 Å².